The highest BCUT2D eigenvalue weighted by molar-refractivity contribution is 7.89. The molecular weight excluding hydrogens is 264 g/mol. The Labute approximate surface area is 122 Å². The lowest BCUT2D eigenvalue weighted by Crippen LogP contribution is -1.96. The van der Waals surface area contributed by atoms with Crippen molar-refractivity contribution in [1.82, 2.24) is 0 Å². The molecule has 1 unspecified atom stereocenters. The van der Waals surface area contributed by atoms with E-state index in [1.54, 1.807) is 0 Å². The molecule has 0 N–H and O–H groups in total. The lowest BCUT2D eigenvalue weighted by molar-refractivity contribution is 0.685. The third kappa shape index (κ3) is 2.61. The highest BCUT2D eigenvalue weighted by Gasteiger charge is 2.21. The van der Waals surface area contributed by atoms with Gasteiger partial charge in [-0.05, 0) is 49.5 Å². The molecule has 0 aliphatic heterocycles. The first-order chi connectivity index (χ1) is 9.75. The Hall–Kier alpha value is -1.67. The molecule has 0 aromatic heterocycles. The molecule has 0 amide bonds. The van der Waals surface area contributed by atoms with Crippen LogP contribution in [0, 0.1) is 6.92 Å². The molecule has 3 rings (SSSR count). The third-order valence-electron chi connectivity index (χ3n) is 3.75. The van der Waals surface area contributed by atoms with Gasteiger partial charge in [-0.1, -0.05) is 48.0 Å². The molecule has 20 heavy (non-hydrogen) atoms. The van der Waals surface area contributed by atoms with E-state index in [1.165, 1.54) is 16.7 Å². The number of allylic oxidation sites excluding steroid dienone is 2. The fraction of sp³-hybridized carbons (Fsp3) is 0.222. The van der Waals surface area contributed by atoms with Crippen molar-refractivity contribution in [1.29, 1.82) is 0 Å². The zero-order chi connectivity index (χ0) is 13.9. The highest BCUT2D eigenvalue weighted by atomic mass is 32.2. The minimum absolute atomic E-state index is 0.918. The van der Waals surface area contributed by atoms with Crippen molar-refractivity contribution in [3.8, 4) is 0 Å². The lowest BCUT2D eigenvalue weighted by Gasteiger charge is -2.08. The standard InChI is InChI=1S/C18H18OS/c1-14-10-12-16(13-11-14)20(19)18-9-5-8-17(18)15-6-3-2-4-7-15/h2-4,6-7,10-13H,5,8-9H2,1H3. The molecule has 2 heteroatoms. The minimum Gasteiger partial charge on any atom is -0.249 e. The van der Waals surface area contributed by atoms with Gasteiger partial charge in [-0.15, -0.1) is 0 Å². The second-order valence-electron chi connectivity index (χ2n) is 5.20. The van der Waals surface area contributed by atoms with Gasteiger partial charge in [-0.25, -0.2) is 4.21 Å². The monoisotopic (exact) mass is 282 g/mol. The van der Waals surface area contributed by atoms with Crippen LogP contribution in [0.25, 0.3) is 5.57 Å². The van der Waals surface area contributed by atoms with Crippen molar-refractivity contribution in [2.75, 3.05) is 0 Å². The van der Waals surface area contributed by atoms with Gasteiger partial charge < -0.3 is 0 Å². The summed E-state index contributed by atoms with van der Waals surface area (Å²) < 4.78 is 12.8. The molecule has 0 bridgehead atoms. The molecule has 0 saturated carbocycles. The molecule has 1 nitrogen and oxygen atoms in total. The molecule has 1 atom stereocenters. The molecule has 0 spiro atoms. The van der Waals surface area contributed by atoms with Gasteiger partial charge in [0.2, 0.25) is 0 Å². The molecule has 0 heterocycles. The molecule has 0 fully saturated rings. The van der Waals surface area contributed by atoms with E-state index in [4.69, 9.17) is 0 Å². The van der Waals surface area contributed by atoms with E-state index in [1.807, 2.05) is 42.5 Å². The second-order valence-corrected chi connectivity index (χ2v) is 6.70. The summed E-state index contributed by atoms with van der Waals surface area (Å²) in [5.41, 5.74) is 3.71. The van der Waals surface area contributed by atoms with Gasteiger partial charge in [0.1, 0.15) is 0 Å². The Kier molecular flexibility index (Phi) is 3.83. The van der Waals surface area contributed by atoms with Crippen LogP contribution in [-0.2, 0) is 10.8 Å². The molecule has 2 aromatic carbocycles. The van der Waals surface area contributed by atoms with E-state index >= 15 is 0 Å². The summed E-state index contributed by atoms with van der Waals surface area (Å²) in [6.07, 6.45) is 3.10. The predicted octanol–water partition coefficient (Wildman–Crippen LogP) is 4.70. The SMILES string of the molecule is Cc1ccc(S(=O)C2=C(c3ccccc3)CCC2)cc1. The van der Waals surface area contributed by atoms with Gasteiger partial charge in [-0.3, -0.25) is 0 Å². The molecule has 1 aliphatic carbocycles. The van der Waals surface area contributed by atoms with E-state index in [0.717, 1.165) is 29.1 Å². The highest BCUT2D eigenvalue weighted by Crippen LogP contribution is 2.37. The van der Waals surface area contributed by atoms with E-state index in [2.05, 4.69) is 19.1 Å². The zero-order valence-electron chi connectivity index (χ0n) is 11.6. The van der Waals surface area contributed by atoms with E-state index in [0.29, 0.717) is 0 Å². The number of hydrogen-bond acceptors (Lipinski definition) is 1. The van der Waals surface area contributed by atoms with Gasteiger partial charge in [0.25, 0.3) is 0 Å². The summed E-state index contributed by atoms with van der Waals surface area (Å²) in [5, 5.41) is 0. The van der Waals surface area contributed by atoms with Crippen LogP contribution in [-0.4, -0.2) is 4.21 Å². The van der Waals surface area contributed by atoms with Crippen LogP contribution < -0.4 is 0 Å². The van der Waals surface area contributed by atoms with Crippen molar-refractivity contribution in [3.63, 3.8) is 0 Å². The molecule has 102 valence electrons. The summed E-state index contributed by atoms with van der Waals surface area (Å²) in [7, 11) is -1.02. The molecular formula is C18H18OS. The summed E-state index contributed by atoms with van der Waals surface area (Å²) in [4.78, 5) is 2.03. The molecule has 0 saturated heterocycles. The quantitative estimate of drug-likeness (QED) is 0.797. The van der Waals surface area contributed by atoms with Crippen LogP contribution in [0.15, 0.2) is 64.4 Å². The largest absolute Gasteiger partial charge is 0.249 e. The lowest BCUT2D eigenvalue weighted by atomic mass is 10.1. The summed E-state index contributed by atoms with van der Waals surface area (Å²) in [5.74, 6) is 0. The first-order valence-corrected chi connectivity index (χ1v) is 8.16. The van der Waals surface area contributed by atoms with Crippen LogP contribution in [0.5, 0.6) is 0 Å². The maximum atomic E-state index is 12.8. The first kappa shape index (κ1) is 13.3. The van der Waals surface area contributed by atoms with Crippen molar-refractivity contribution in [2.45, 2.75) is 31.1 Å². The number of rotatable bonds is 3. The number of benzene rings is 2. The van der Waals surface area contributed by atoms with Crippen molar-refractivity contribution < 1.29 is 4.21 Å². The van der Waals surface area contributed by atoms with Crippen LogP contribution in [0.2, 0.25) is 0 Å². The van der Waals surface area contributed by atoms with Gasteiger partial charge >= 0.3 is 0 Å². The fourth-order valence-electron chi connectivity index (χ4n) is 2.67. The van der Waals surface area contributed by atoms with Crippen LogP contribution in [0.1, 0.15) is 30.4 Å². The van der Waals surface area contributed by atoms with Gasteiger partial charge in [0, 0.05) is 9.80 Å². The Morgan fingerprint density at radius 3 is 2.30 bits per heavy atom. The normalized spacial score (nSPS) is 16.4. The van der Waals surface area contributed by atoms with Gasteiger partial charge in [0.15, 0.2) is 0 Å². The Balaban J connectivity index is 1.99. The average molecular weight is 282 g/mol. The van der Waals surface area contributed by atoms with Crippen LogP contribution in [0.4, 0.5) is 0 Å². The molecule has 1 aliphatic rings. The van der Waals surface area contributed by atoms with E-state index in [-0.39, 0.29) is 0 Å². The van der Waals surface area contributed by atoms with Gasteiger partial charge in [-0.2, -0.15) is 0 Å². The Morgan fingerprint density at radius 2 is 1.60 bits per heavy atom. The Morgan fingerprint density at radius 1 is 0.900 bits per heavy atom. The Bertz CT molecular complexity index is 654. The fourth-order valence-corrected chi connectivity index (χ4v) is 4.11. The summed E-state index contributed by atoms with van der Waals surface area (Å²) in [6.45, 7) is 2.05. The topological polar surface area (TPSA) is 17.1 Å². The summed E-state index contributed by atoms with van der Waals surface area (Å²) >= 11 is 0. The van der Waals surface area contributed by atoms with Crippen LogP contribution in [0.3, 0.4) is 0 Å². The first-order valence-electron chi connectivity index (χ1n) is 7.01. The van der Waals surface area contributed by atoms with Crippen molar-refractivity contribution >= 4 is 16.4 Å². The summed E-state index contributed by atoms with van der Waals surface area (Å²) in [6, 6.07) is 18.4. The number of hydrogen-bond donors (Lipinski definition) is 0. The third-order valence-corrected chi connectivity index (χ3v) is 5.35. The predicted molar refractivity (Wildman–Crippen MR) is 84.8 cm³/mol. The van der Waals surface area contributed by atoms with Crippen molar-refractivity contribution in [2.24, 2.45) is 0 Å². The maximum Gasteiger partial charge on any atom is 0.0811 e. The maximum absolute atomic E-state index is 12.8. The molecule has 0 radical (unpaired) electrons. The average Bonchev–Trinajstić information content (AvgIpc) is 2.97. The van der Waals surface area contributed by atoms with Crippen LogP contribution >= 0.6 is 0 Å². The van der Waals surface area contributed by atoms with E-state index < -0.39 is 10.8 Å². The minimum atomic E-state index is -1.02. The smallest absolute Gasteiger partial charge is 0.0811 e. The van der Waals surface area contributed by atoms with E-state index in [9.17, 15) is 4.21 Å². The molecule has 2 aromatic rings. The van der Waals surface area contributed by atoms with Gasteiger partial charge in [0.05, 0.1) is 10.8 Å². The number of aryl methyl sites for hydroxylation is 1. The second kappa shape index (κ2) is 5.76. The van der Waals surface area contributed by atoms with Crippen molar-refractivity contribution in [3.05, 3.63) is 70.6 Å². The zero-order valence-corrected chi connectivity index (χ0v) is 12.5.